The Morgan fingerprint density at radius 1 is 1.20 bits per heavy atom. The Balaban J connectivity index is 1.72. The number of anilines is 1. The number of rotatable bonds is 5. The fourth-order valence-electron chi connectivity index (χ4n) is 3.60. The summed E-state index contributed by atoms with van der Waals surface area (Å²) >= 11 is 0. The Bertz CT molecular complexity index is 1050. The van der Waals surface area contributed by atoms with Gasteiger partial charge >= 0.3 is 6.36 Å². The molecule has 0 N–H and O–H groups in total. The second-order valence-electron chi connectivity index (χ2n) is 7.31. The van der Waals surface area contributed by atoms with Gasteiger partial charge in [0.05, 0.1) is 11.9 Å². The largest absolute Gasteiger partial charge is 0.573 e. The first-order chi connectivity index (χ1) is 13.8. The van der Waals surface area contributed by atoms with E-state index in [-0.39, 0.29) is 24.2 Å². The van der Waals surface area contributed by atoms with E-state index in [0.717, 1.165) is 11.8 Å². The molecule has 0 saturated heterocycles. The van der Waals surface area contributed by atoms with Crippen molar-refractivity contribution in [2.45, 2.75) is 32.3 Å². The average molecular weight is 442 g/mol. The maximum absolute atomic E-state index is 12.8. The molecule has 0 saturated carbocycles. The molecule has 0 radical (unpaired) electrons. The molecular formula is C20H21F3N2O4S. The molecule has 10 heteroatoms. The summed E-state index contributed by atoms with van der Waals surface area (Å²) in [5.41, 5.74) is 2.40. The first kappa shape index (κ1) is 21.9. The van der Waals surface area contributed by atoms with Crippen LogP contribution >= 0.6 is 0 Å². The molecule has 0 bridgehead atoms. The highest BCUT2D eigenvalue weighted by Gasteiger charge is 2.33. The summed E-state index contributed by atoms with van der Waals surface area (Å²) < 4.78 is 65.9. The molecule has 1 amide bonds. The Hall–Kier alpha value is -2.75. The zero-order valence-electron chi connectivity index (χ0n) is 16.6. The van der Waals surface area contributed by atoms with Crippen molar-refractivity contribution in [2.24, 2.45) is 0 Å². The van der Waals surface area contributed by atoms with Crippen LogP contribution in [0.4, 0.5) is 18.9 Å². The van der Waals surface area contributed by atoms with E-state index in [1.807, 2.05) is 0 Å². The van der Waals surface area contributed by atoms with Crippen LogP contribution in [0.25, 0.3) is 0 Å². The number of alkyl halides is 3. The van der Waals surface area contributed by atoms with Crippen LogP contribution in [-0.2, 0) is 23.0 Å². The highest BCUT2D eigenvalue weighted by atomic mass is 32.2. The smallest absolute Gasteiger partial charge is 0.406 e. The zero-order chi connectivity index (χ0) is 22.3. The Morgan fingerprint density at radius 2 is 1.83 bits per heavy atom. The van der Waals surface area contributed by atoms with Crippen LogP contribution < -0.4 is 9.04 Å². The van der Waals surface area contributed by atoms with E-state index >= 15 is 0 Å². The SMILES string of the molecule is CC1Cc2cc(C(=O)N(C)Cc3ccc(OC(F)(F)F)cc3)ccc2N1S(C)(=O)=O. The number of benzene rings is 2. The highest BCUT2D eigenvalue weighted by molar-refractivity contribution is 7.92. The summed E-state index contributed by atoms with van der Waals surface area (Å²) in [5, 5.41) is 0. The predicted molar refractivity (Wildman–Crippen MR) is 106 cm³/mol. The molecule has 0 spiro atoms. The second kappa shape index (κ2) is 7.82. The molecule has 30 heavy (non-hydrogen) atoms. The van der Waals surface area contributed by atoms with Gasteiger partial charge in [0.25, 0.3) is 5.91 Å². The molecule has 1 aliphatic heterocycles. The van der Waals surface area contributed by atoms with Gasteiger partial charge in [-0.25, -0.2) is 8.42 Å². The molecular weight excluding hydrogens is 421 g/mol. The normalized spacial score (nSPS) is 16.3. The summed E-state index contributed by atoms with van der Waals surface area (Å²) in [6, 6.07) is 9.97. The molecule has 2 aromatic rings. The van der Waals surface area contributed by atoms with E-state index < -0.39 is 16.4 Å². The topological polar surface area (TPSA) is 66.9 Å². The van der Waals surface area contributed by atoms with Gasteiger partial charge in [-0.2, -0.15) is 0 Å². The molecule has 0 aliphatic carbocycles. The minimum atomic E-state index is -4.76. The number of carbonyl (C=O) groups is 1. The van der Waals surface area contributed by atoms with Gasteiger partial charge in [0.1, 0.15) is 5.75 Å². The van der Waals surface area contributed by atoms with Gasteiger partial charge in [-0.3, -0.25) is 9.10 Å². The number of hydrogen-bond acceptors (Lipinski definition) is 4. The van der Waals surface area contributed by atoms with Crippen molar-refractivity contribution in [3.8, 4) is 5.75 Å². The average Bonchev–Trinajstić information content (AvgIpc) is 2.96. The first-order valence-corrected chi connectivity index (χ1v) is 10.9. The summed E-state index contributed by atoms with van der Waals surface area (Å²) in [7, 11) is -1.83. The fraction of sp³-hybridized carbons (Fsp3) is 0.350. The monoisotopic (exact) mass is 442 g/mol. The van der Waals surface area contributed by atoms with Crippen molar-refractivity contribution in [3.63, 3.8) is 0 Å². The number of carbonyl (C=O) groups excluding carboxylic acids is 1. The molecule has 2 aromatic carbocycles. The lowest BCUT2D eigenvalue weighted by Gasteiger charge is -2.22. The zero-order valence-corrected chi connectivity index (χ0v) is 17.4. The van der Waals surface area contributed by atoms with Crippen LogP contribution in [0.1, 0.15) is 28.4 Å². The number of fused-ring (bicyclic) bond motifs is 1. The lowest BCUT2D eigenvalue weighted by atomic mass is 10.1. The third-order valence-corrected chi connectivity index (χ3v) is 6.03. The number of ether oxygens (including phenoxy) is 1. The van der Waals surface area contributed by atoms with Gasteiger partial charge in [-0.1, -0.05) is 12.1 Å². The number of sulfonamides is 1. The van der Waals surface area contributed by atoms with E-state index in [1.54, 1.807) is 32.2 Å². The van der Waals surface area contributed by atoms with Gasteiger partial charge in [0.15, 0.2) is 0 Å². The summed E-state index contributed by atoms with van der Waals surface area (Å²) in [5.74, 6) is -0.609. The summed E-state index contributed by atoms with van der Waals surface area (Å²) in [4.78, 5) is 14.2. The number of halogens is 3. The van der Waals surface area contributed by atoms with Crippen LogP contribution in [0, 0.1) is 0 Å². The van der Waals surface area contributed by atoms with Gasteiger partial charge < -0.3 is 9.64 Å². The number of hydrogen-bond donors (Lipinski definition) is 0. The third-order valence-electron chi connectivity index (χ3n) is 4.76. The van der Waals surface area contributed by atoms with Crippen molar-refractivity contribution in [3.05, 3.63) is 59.2 Å². The van der Waals surface area contributed by atoms with Gasteiger partial charge in [0, 0.05) is 25.2 Å². The van der Waals surface area contributed by atoms with E-state index in [9.17, 15) is 26.4 Å². The van der Waals surface area contributed by atoms with Crippen LogP contribution in [0.5, 0.6) is 5.75 Å². The van der Waals surface area contributed by atoms with Crippen LogP contribution in [0.3, 0.4) is 0 Å². The van der Waals surface area contributed by atoms with Crippen molar-refractivity contribution in [2.75, 3.05) is 17.6 Å². The van der Waals surface area contributed by atoms with Crippen LogP contribution in [-0.4, -0.2) is 44.9 Å². The fourth-order valence-corrected chi connectivity index (χ4v) is 4.87. The van der Waals surface area contributed by atoms with Crippen LogP contribution in [0.2, 0.25) is 0 Å². The lowest BCUT2D eigenvalue weighted by Crippen LogP contribution is -2.34. The van der Waals surface area contributed by atoms with Crippen molar-refractivity contribution < 1.29 is 31.1 Å². The van der Waals surface area contributed by atoms with Crippen LogP contribution in [0.15, 0.2) is 42.5 Å². The van der Waals surface area contributed by atoms with Crippen molar-refractivity contribution in [1.29, 1.82) is 0 Å². The lowest BCUT2D eigenvalue weighted by molar-refractivity contribution is -0.274. The van der Waals surface area contributed by atoms with Gasteiger partial charge in [-0.15, -0.1) is 13.2 Å². The number of amides is 1. The quantitative estimate of drug-likeness (QED) is 0.710. The maximum Gasteiger partial charge on any atom is 0.573 e. The Kier molecular flexibility index (Phi) is 5.72. The molecule has 0 aromatic heterocycles. The summed E-state index contributed by atoms with van der Waals surface area (Å²) in [6.45, 7) is 1.99. The molecule has 1 unspecified atom stereocenters. The number of nitrogens with zero attached hydrogens (tertiary/aromatic N) is 2. The molecule has 0 fully saturated rings. The van der Waals surface area contributed by atoms with Crippen molar-refractivity contribution in [1.82, 2.24) is 4.90 Å². The minimum absolute atomic E-state index is 0.189. The molecule has 1 aliphatic rings. The highest BCUT2D eigenvalue weighted by Crippen LogP contribution is 2.35. The summed E-state index contributed by atoms with van der Waals surface area (Å²) in [6.07, 6.45) is -3.10. The van der Waals surface area contributed by atoms with E-state index in [2.05, 4.69) is 4.74 Å². The predicted octanol–water partition coefficient (Wildman–Crippen LogP) is 3.57. The molecule has 1 heterocycles. The van der Waals surface area contributed by atoms with E-state index in [0.29, 0.717) is 23.2 Å². The molecule has 3 rings (SSSR count). The van der Waals surface area contributed by atoms with Gasteiger partial charge in [0.2, 0.25) is 10.0 Å². The van der Waals surface area contributed by atoms with Crippen molar-refractivity contribution >= 4 is 21.6 Å². The second-order valence-corrected chi connectivity index (χ2v) is 9.17. The first-order valence-electron chi connectivity index (χ1n) is 9.07. The van der Waals surface area contributed by atoms with E-state index in [4.69, 9.17) is 0 Å². The minimum Gasteiger partial charge on any atom is -0.406 e. The molecule has 6 nitrogen and oxygen atoms in total. The standard InChI is InChI=1S/C20H21F3N2O4S/c1-13-10-16-11-15(6-9-18(16)25(13)30(3,27)28)19(26)24(2)12-14-4-7-17(8-5-14)29-20(21,22)23/h4-9,11,13H,10,12H2,1-3H3. The molecule has 162 valence electrons. The maximum atomic E-state index is 12.8. The Morgan fingerprint density at radius 3 is 2.40 bits per heavy atom. The van der Waals surface area contributed by atoms with Gasteiger partial charge in [-0.05, 0) is 54.8 Å². The Labute approximate surface area is 172 Å². The third kappa shape index (κ3) is 4.86. The molecule has 1 atom stereocenters. The van der Waals surface area contributed by atoms with E-state index in [1.165, 1.54) is 33.5 Å².